The number of likely N-dealkylation sites (tertiary alicyclic amines) is 1. The van der Waals surface area contributed by atoms with Gasteiger partial charge in [0.1, 0.15) is 10.7 Å². The van der Waals surface area contributed by atoms with Crippen molar-refractivity contribution in [3.63, 3.8) is 0 Å². The molecule has 9 nitrogen and oxygen atoms in total. The van der Waals surface area contributed by atoms with Crippen LogP contribution in [0.25, 0.3) is 0 Å². The molecule has 1 aliphatic rings. The number of hydrogen-bond acceptors (Lipinski definition) is 6. The zero-order chi connectivity index (χ0) is 23.4. The summed E-state index contributed by atoms with van der Waals surface area (Å²) in [7, 11) is -3.97. The number of furan rings is 2. The minimum absolute atomic E-state index is 0.00300. The van der Waals surface area contributed by atoms with E-state index >= 15 is 0 Å². The first-order valence-electron chi connectivity index (χ1n) is 10.3. The molecule has 33 heavy (non-hydrogen) atoms. The van der Waals surface area contributed by atoms with E-state index in [0.717, 1.165) is 0 Å². The monoisotopic (exact) mass is 491 g/mol. The van der Waals surface area contributed by atoms with Crippen LogP contribution in [0.3, 0.4) is 0 Å². The normalized spacial score (nSPS) is 14.9. The summed E-state index contributed by atoms with van der Waals surface area (Å²) in [4.78, 5) is 26.6. The fraction of sp³-hybridized carbons (Fsp3) is 0.273. The summed E-state index contributed by atoms with van der Waals surface area (Å²) in [6.07, 6.45) is 4.04. The van der Waals surface area contributed by atoms with Crippen molar-refractivity contribution in [2.45, 2.75) is 30.3 Å². The second kappa shape index (κ2) is 9.82. The highest BCUT2D eigenvalue weighted by Crippen LogP contribution is 2.23. The molecule has 4 rings (SSSR count). The molecule has 0 radical (unpaired) electrons. The average molecular weight is 492 g/mol. The zero-order valence-electron chi connectivity index (χ0n) is 17.5. The van der Waals surface area contributed by atoms with Crippen molar-refractivity contribution in [2.24, 2.45) is 0 Å². The van der Waals surface area contributed by atoms with Crippen LogP contribution >= 0.6 is 11.6 Å². The van der Waals surface area contributed by atoms with Crippen LogP contribution in [-0.2, 0) is 16.6 Å². The molecule has 2 aromatic heterocycles. The Morgan fingerprint density at radius 2 is 1.79 bits per heavy atom. The van der Waals surface area contributed by atoms with Gasteiger partial charge in [0.25, 0.3) is 11.8 Å². The topological polar surface area (TPSA) is 122 Å². The van der Waals surface area contributed by atoms with E-state index in [-0.39, 0.29) is 39.7 Å². The second-order valence-electron chi connectivity index (χ2n) is 7.57. The van der Waals surface area contributed by atoms with Crippen molar-refractivity contribution >= 4 is 33.4 Å². The predicted octanol–water partition coefficient (Wildman–Crippen LogP) is 3.04. The molecular weight excluding hydrogens is 470 g/mol. The first kappa shape index (κ1) is 23.1. The number of hydrogen-bond donors (Lipinski definition) is 2. The van der Waals surface area contributed by atoms with E-state index in [1.54, 1.807) is 29.2 Å². The summed E-state index contributed by atoms with van der Waals surface area (Å²) >= 11 is 6.11. The third-order valence-electron chi connectivity index (χ3n) is 5.35. The lowest BCUT2D eigenvalue weighted by Crippen LogP contribution is -2.46. The van der Waals surface area contributed by atoms with Crippen LogP contribution in [-0.4, -0.2) is 44.3 Å². The van der Waals surface area contributed by atoms with E-state index in [0.29, 0.717) is 31.7 Å². The average Bonchev–Trinajstić information content (AvgIpc) is 3.52. The Morgan fingerprint density at radius 3 is 2.45 bits per heavy atom. The van der Waals surface area contributed by atoms with E-state index in [1.165, 1.54) is 30.7 Å². The van der Waals surface area contributed by atoms with Crippen LogP contribution in [0.5, 0.6) is 0 Å². The molecule has 0 unspecified atom stereocenters. The van der Waals surface area contributed by atoms with E-state index < -0.39 is 15.9 Å². The molecule has 0 bridgehead atoms. The fourth-order valence-electron chi connectivity index (χ4n) is 3.56. The van der Waals surface area contributed by atoms with Crippen LogP contribution in [0.1, 0.15) is 39.5 Å². The van der Waals surface area contributed by atoms with Gasteiger partial charge in [-0.15, -0.1) is 0 Å². The first-order valence-corrected chi connectivity index (χ1v) is 12.1. The van der Waals surface area contributed by atoms with Crippen molar-refractivity contribution in [3.8, 4) is 0 Å². The number of carbonyl (C=O) groups is 2. The molecule has 1 fully saturated rings. The van der Waals surface area contributed by atoms with Crippen molar-refractivity contribution in [3.05, 3.63) is 77.1 Å². The maximum atomic E-state index is 12.8. The first-order chi connectivity index (χ1) is 15.8. The Labute approximate surface area is 195 Å². The molecule has 2 N–H and O–H groups in total. The van der Waals surface area contributed by atoms with Gasteiger partial charge in [-0.1, -0.05) is 11.6 Å². The maximum absolute atomic E-state index is 12.8. The molecule has 174 valence electrons. The summed E-state index contributed by atoms with van der Waals surface area (Å²) in [5.41, 5.74) is 0.173. The maximum Gasteiger partial charge on any atom is 0.289 e. The highest BCUT2D eigenvalue weighted by Gasteiger charge is 2.27. The van der Waals surface area contributed by atoms with E-state index in [4.69, 9.17) is 20.4 Å². The quantitative estimate of drug-likeness (QED) is 0.524. The number of carbonyl (C=O) groups excluding carboxylic acids is 2. The molecule has 1 aliphatic heterocycles. The lowest BCUT2D eigenvalue weighted by atomic mass is 10.0. The Morgan fingerprint density at radius 1 is 1.06 bits per heavy atom. The van der Waals surface area contributed by atoms with Crippen LogP contribution in [0.15, 0.2) is 68.7 Å². The molecular formula is C22H22ClN3O6S. The van der Waals surface area contributed by atoms with Gasteiger partial charge in [-0.05, 0) is 55.3 Å². The van der Waals surface area contributed by atoms with Crippen LogP contribution in [0.2, 0.25) is 5.02 Å². The molecule has 11 heteroatoms. The standard InChI is InChI=1S/C22H22ClN3O6S/c23-18-6-5-15(13-20(18)33(29,30)24-14-17-3-1-11-31-17)21(27)25-16-7-9-26(10-8-16)22(28)19-4-2-12-32-19/h1-6,11-13,16,24H,7-10,14H2,(H,25,27). The highest BCUT2D eigenvalue weighted by molar-refractivity contribution is 7.89. The van der Waals surface area contributed by atoms with Gasteiger partial charge in [0, 0.05) is 24.7 Å². The summed E-state index contributed by atoms with van der Waals surface area (Å²) < 4.78 is 38.1. The van der Waals surface area contributed by atoms with Crippen molar-refractivity contribution in [2.75, 3.05) is 13.1 Å². The van der Waals surface area contributed by atoms with Gasteiger partial charge in [-0.25, -0.2) is 13.1 Å². The number of nitrogens with one attached hydrogen (secondary N) is 2. The van der Waals surface area contributed by atoms with Gasteiger partial charge >= 0.3 is 0 Å². The van der Waals surface area contributed by atoms with Crippen LogP contribution < -0.4 is 10.0 Å². The van der Waals surface area contributed by atoms with E-state index in [1.807, 2.05) is 0 Å². The van der Waals surface area contributed by atoms with Gasteiger partial charge in [-0.2, -0.15) is 0 Å². The summed E-state index contributed by atoms with van der Waals surface area (Å²) in [5, 5.41) is 2.91. The summed E-state index contributed by atoms with van der Waals surface area (Å²) in [6.45, 7) is 0.903. The third-order valence-corrected chi connectivity index (χ3v) is 7.23. The van der Waals surface area contributed by atoms with Gasteiger partial charge in [-0.3, -0.25) is 9.59 Å². The summed E-state index contributed by atoms with van der Waals surface area (Å²) in [6, 6.07) is 10.5. The molecule has 2 amide bonds. The number of piperidine rings is 1. The molecule has 0 spiro atoms. The lowest BCUT2D eigenvalue weighted by Gasteiger charge is -2.31. The van der Waals surface area contributed by atoms with Crippen LogP contribution in [0.4, 0.5) is 0 Å². The Hall–Kier alpha value is -3.08. The number of amides is 2. The minimum atomic E-state index is -3.97. The molecule has 1 aromatic carbocycles. The van der Waals surface area contributed by atoms with Gasteiger partial charge in [0.05, 0.1) is 24.1 Å². The van der Waals surface area contributed by atoms with Crippen molar-refractivity contribution < 1.29 is 26.8 Å². The third kappa shape index (κ3) is 5.47. The van der Waals surface area contributed by atoms with Gasteiger partial charge in [0.2, 0.25) is 10.0 Å². The number of rotatable bonds is 7. The molecule has 0 saturated carbocycles. The van der Waals surface area contributed by atoms with Gasteiger partial charge in [0.15, 0.2) is 5.76 Å². The second-order valence-corrected chi connectivity index (χ2v) is 9.71. The fourth-order valence-corrected chi connectivity index (χ4v) is 5.08. The zero-order valence-corrected chi connectivity index (χ0v) is 19.1. The molecule has 1 saturated heterocycles. The van der Waals surface area contributed by atoms with Crippen molar-refractivity contribution in [1.82, 2.24) is 14.9 Å². The Bertz CT molecular complexity index is 1220. The Balaban J connectivity index is 1.37. The highest BCUT2D eigenvalue weighted by atomic mass is 35.5. The molecule has 0 atom stereocenters. The van der Waals surface area contributed by atoms with E-state index in [2.05, 4.69) is 10.0 Å². The lowest BCUT2D eigenvalue weighted by molar-refractivity contribution is 0.0667. The summed E-state index contributed by atoms with van der Waals surface area (Å²) in [5.74, 6) is 0.137. The molecule has 3 aromatic rings. The Kier molecular flexibility index (Phi) is 6.87. The smallest absolute Gasteiger partial charge is 0.289 e. The van der Waals surface area contributed by atoms with E-state index in [9.17, 15) is 18.0 Å². The number of nitrogens with zero attached hydrogens (tertiary/aromatic N) is 1. The number of halogens is 1. The largest absolute Gasteiger partial charge is 0.468 e. The predicted molar refractivity (Wildman–Crippen MR) is 119 cm³/mol. The van der Waals surface area contributed by atoms with Crippen LogP contribution in [0, 0.1) is 0 Å². The molecule has 0 aliphatic carbocycles. The number of benzene rings is 1. The molecule has 3 heterocycles. The van der Waals surface area contributed by atoms with Crippen molar-refractivity contribution in [1.29, 1.82) is 0 Å². The SMILES string of the molecule is O=C(NC1CCN(C(=O)c2ccco2)CC1)c1ccc(Cl)c(S(=O)(=O)NCc2ccco2)c1. The minimum Gasteiger partial charge on any atom is -0.468 e. The van der Waals surface area contributed by atoms with Gasteiger partial charge < -0.3 is 19.1 Å². The number of sulfonamides is 1.